The van der Waals surface area contributed by atoms with Crippen LogP contribution in [0.15, 0.2) is 30.6 Å². The third-order valence-electron chi connectivity index (χ3n) is 5.51. The summed E-state index contributed by atoms with van der Waals surface area (Å²) in [6.45, 7) is 2.08. The summed E-state index contributed by atoms with van der Waals surface area (Å²) in [4.78, 5) is 25.3. The van der Waals surface area contributed by atoms with Gasteiger partial charge in [0, 0.05) is 31.9 Å². The molecule has 4 rings (SSSR count). The minimum Gasteiger partial charge on any atom is -0.467 e. The molecule has 2 aliphatic rings. The van der Waals surface area contributed by atoms with Crippen molar-refractivity contribution in [2.45, 2.75) is 6.42 Å². The molecule has 1 saturated carbocycles. The summed E-state index contributed by atoms with van der Waals surface area (Å²) in [7, 11) is 1.45. The Kier molecular flexibility index (Phi) is 5.37. The van der Waals surface area contributed by atoms with Crippen LogP contribution in [0, 0.1) is 29.5 Å². The second-order valence-corrected chi connectivity index (χ2v) is 7.25. The summed E-state index contributed by atoms with van der Waals surface area (Å²) >= 11 is 0. The van der Waals surface area contributed by atoms with Crippen LogP contribution in [-0.2, 0) is 4.79 Å². The van der Waals surface area contributed by atoms with Crippen LogP contribution >= 0.6 is 0 Å². The molecule has 9 heteroatoms. The molecule has 1 unspecified atom stereocenters. The van der Waals surface area contributed by atoms with Crippen molar-refractivity contribution in [3.05, 3.63) is 47.9 Å². The summed E-state index contributed by atoms with van der Waals surface area (Å²) in [6, 6.07) is 2.96. The average Bonchev–Trinajstić information content (AvgIpc) is 3.17. The zero-order valence-electron chi connectivity index (χ0n) is 15.9. The number of hydrogen-bond donors (Lipinski definition) is 1. The van der Waals surface area contributed by atoms with Crippen LogP contribution in [0.2, 0.25) is 0 Å². The smallest absolute Gasteiger partial charge is 0.318 e. The van der Waals surface area contributed by atoms with Crippen molar-refractivity contribution in [2.24, 2.45) is 17.8 Å². The molecule has 152 valence electrons. The van der Waals surface area contributed by atoms with Gasteiger partial charge in [-0.3, -0.25) is 4.79 Å². The maximum Gasteiger partial charge on any atom is 0.318 e. The highest BCUT2D eigenvalue weighted by molar-refractivity contribution is 5.91. The number of carbonyl (C=O) groups excluding carboxylic acids is 1. The standard InChI is InChI=1S/C20H21F2N5O2/c1-29-20-25-9-16(21)19(26-20)27-10-14-13(15(14)11-27)6-7-23-18(28)5-3-12-2-4-17(22)24-8-12/h2-5,8-9,13-15H,6-7,10-11H2,1H3,(H,23,28)/b5-3+/t13?,14-,15+. The zero-order chi connectivity index (χ0) is 20.4. The van der Waals surface area contributed by atoms with Crippen LogP contribution < -0.4 is 15.0 Å². The number of anilines is 1. The quantitative estimate of drug-likeness (QED) is 0.565. The molecule has 0 bridgehead atoms. The first kappa shape index (κ1) is 19.2. The first-order valence-corrected chi connectivity index (χ1v) is 9.44. The lowest BCUT2D eigenvalue weighted by molar-refractivity contribution is -0.116. The number of halogens is 2. The van der Waals surface area contributed by atoms with Crippen molar-refractivity contribution in [3.8, 4) is 6.01 Å². The summed E-state index contributed by atoms with van der Waals surface area (Å²) in [5.41, 5.74) is 0.659. The van der Waals surface area contributed by atoms with E-state index in [2.05, 4.69) is 20.3 Å². The fourth-order valence-corrected chi connectivity index (χ4v) is 3.99. The van der Waals surface area contributed by atoms with Gasteiger partial charge in [-0.2, -0.15) is 9.37 Å². The van der Waals surface area contributed by atoms with Crippen molar-refractivity contribution in [3.63, 3.8) is 0 Å². The Morgan fingerprint density at radius 3 is 2.76 bits per heavy atom. The highest BCUT2D eigenvalue weighted by Gasteiger charge is 2.55. The molecule has 1 aliphatic heterocycles. The van der Waals surface area contributed by atoms with Gasteiger partial charge in [-0.1, -0.05) is 0 Å². The number of carbonyl (C=O) groups is 1. The number of nitrogens with zero attached hydrogens (tertiary/aromatic N) is 4. The molecule has 29 heavy (non-hydrogen) atoms. The summed E-state index contributed by atoms with van der Waals surface area (Å²) in [5, 5.41) is 2.86. The van der Waals surface area contributed by atoms with Crippen LogP contribution in [0.3, 0.4) is 0 Å². The molecule has 1 saturated heterocycles. The number of fused-ring (bicyclic) bond motifs is 1. The van der Waals surface area contributed by atoms with Crippen molar-refractivity contribution in [1.29, 1.82) is 0 Å². The molecular formula is C20H21F2N5O2. The molecule has 7 nitrogen and oxygen atoms in total. The van der Waals surface area contributed by atoms with Gasteiger partial charge in [0.1, 0.15) is 0 Å². The Bertz CT molecular complexity index is 910. The monoisotopic (exact) mass is 401 g/mol. The van der Waals surface area contributed by atoms with E-state index >= 15 is 0 Å². The molecule has 0 spiro atoms. The normalized spacial score (nSPS) is 22.6. The molecule has 1 N–H and O–H groups in total. The second-order valence-electron chi connectivity index (χ2n) is 7.25. The topological polar surface area (TPSA) is 80.2 Å². The van der Waals surface area contributed by atoms with E-state index in [1.54, 1.807) is 12.1 Å². The number of ether oxygens (including phenoxy) is 1. The molecule has 2 fully saturated rings. The van der Waals surface area contributed by atoms with Gasteiger partial charge < -0.3 is 15.0 Å². The molecule has 1 aliphatic carbocycles. The van der Waals surface area contributed by atoms with Crippen LogP contribution in [-0.4, -0.2) is 47.6 Å². The van der Waals surface area contributed by atoms with Gasteiger partial charge in [0.2, 0.25) is 11.9 Å². The lowest BCUT2D eigenvalue weighted by Gasteiger charge is -2.21. The van der Waals surface area contributed by atoms with Crippen molar-refractivity contribution < 1.29 is 18.3 Å². The Balaban J connectivity index is 1.20. The van der Waals surface area contributed by atoms with E-state index in [1.165, 1.54) is 25.4 Å². The number of hydrogen-bond acceptors (Lipinski definition) is 6. The van der Waals surface area contributed by atoms with E-state index in [0.29, 0.717) is 29.9 Å². The maximum absolute atomic E-state index is 14.0. The number of rotatable bonds is 7. The SMILES string of the molecule is COc1ncc(F)c(N2C[C@@H]3C(CCNC(=O)/C=C/c4ccc(F)nc4)[C@@H]3C2)n1. The molecule has 2 aromatic rings. The van der Waals surface area contributed by atoms with E-state index < -0.39 is 11.8 Å². The molecule has 2 aromatic heterocycles. The third-order valence-corrected chi connectivity index (χ3v) is 5.51. The Morgan fingerprint density at radius 1 is 1.28 bits per heavy atom. The van der Waals surface area contributed by atoms with Gasteiger partial charge in [-0.15, -0.1) is 0 Å². The summed E-state index contributed by atoms with van der Waals surface area (Å²) < 4.78 is 31.7. The van der Waals surface area contributed by atoms with Crippen LogP contribution in [0.4, 0.5) is 14.6 Å². The molecular weight excluding hydrogens is 380 g/mol. The van der Waals surface area contributed by atoms with Crippen LogP contribution in [0.5, 0.6) is 6.01 Å². The highest BCUT2D eigenvalue weighted by atomic mass is 19.1. The third kappa shape index (κ3) is 4.33. The maximum atomic E-state index is 14.0. The predicted molar refractivity (Wildman–Crippen MR) is 102 cm³/mol. The molecule has 3 heterocycles. The van der Waals surface area contributed by atoms with Gasteiger partial charge in [0.15, 0.2) is 11.6 Å². The summed E-state index contributed by atoms with van der Waals surface area (Å²) in [5.74, 6) is 0.610. The first-order valence-electron chi connectivity index (χ1n) is 9.44. The summed E-state index contributed by atoms with van der Waals surface area (Å²) in [6.07, 6.45) is 6.39. The predicted octanol–water partition coefficient (Wildman–Crippen LogP) is 2.06. The minimum absolute atomic E-state index is 0.158. The second kappa shape index (κ2) is 8.10. The number of nitrogens with one attached hydrogen (secondary N) is 1. The molecule has 0 radical (unpaired) electrons. The largest absolute Gasteiger partial charge is 0.467 e. The minimum atomic E-state index is -0.554. The lowest BCUT2D eigenvalue weighted by atomic mass is 10.2. The van der Waals surface area contributed by atoms with Crippen molar-refractivity contribution in [2.75, 3.05) is 31.6 Å². The van der Waals surface area contributed by atoms with E-state index in [-0.39, 0.29) is 17.7 Å². The lowest BCUT2D eigenvalue weighted by Crippen LogP contribution is -2.28. The molecule has 0 aromatic carbocycles. The number of amides is 1. The van der Waals surface area contributed by atoms with Gasteiger partial charge in [0.25, 0.3) is 0 Å². The fraction of sp³-hybridized carbons (Fsp3) is 0.400. The van der Waals surface area contributed by atoms with Gasteiger partial charge >= 0.3 is 6.01 Å². The van der Waals surface area contributed by atoms with Crippen molar-refractivity contribution in [1.82, 2.24) is 20.3 Å². The van der Waals surface area contributed by atoms with Gasteiger partial charge in [0.05, 0.1) is 13.3 Å². The molecule has 1 amide bonds. The van der Waals surface area contributed by atoms with Crippen molar-refractivity contribution >= 4 is 17.8 Å². The Labute approximate surface area is 166 Å². The van der Waals surface area contributed by atoms with Crippen LogP contribution in [0.1, 0.15) is 12.0 Å². The van der Waals surface area contributed by atoms with E-state index in [4.69, 9.17) is 4.74 Å². The highest BCUT2D eigenvalue weighted by Crippen LogP contribution is 2.54. The zero-order valence-corrected chi connectivity index (χ0v) is 15.9. The number of pyridine rings is 1. The Hall–Kier alpha value is -3.10. The Morgan fingerprint density at radius 2 is 2.07 bits per heavy atom. The van der Waals surface area contributed by atoms with Gasteiger partial charge in [-0.25, -0.2) is 14.4 Å². The van der Waals surface area contributed by atoms with Crippen LogP contribution in [0.25, 0.3) is 6.08 Å². The van der Waals surface area contributed by atoms with E-state index in [0.717, 1.165) is 25.7 Å². The van der Waals surface area contributed by atoms with E-state index in [1.807, 2.05) is 4.90 Å². The number of methoxy groups -OCH3 is 1. The average molecular weight is 401 g/mol. The molecule has 3 atom stereocenters. The fourth-order valence-electron chi connectivity index (χ4n) is 3.99. The van der Waals surface area contributed by atoms with Gasteiger partial charge in [-0.05, 0) is 47.9 Å². The number of piperidine rings is 1. The number of aromatic nitrogens is 3. The van der Waals surface area contributed by atoms with E-state index in [9.17, 15) is 13.6 Å². The first-order chi connectivity index (χ1) is 14.0.